The van der Waals surface area contributed by atoms with Gasteiger partial charge in [-0.1, -0.05) is 30.3 Å². The van der Waals surface area contributed by atoms with Gasteiger partial charge < -0.3 is 10.6 Å². The fraction of sp³-hybridized carbons (Fsp3) is 0.120. The van der Waals surface area contributed by atoms with Crippen molar-refractivity contribution in [1.82, 2.24) is 14.9 Å². The number of aromatic nitrogens is 2. The first-order valence-corrected chi connectivity index (χ1v) is 10.3. The molecule has 2 aromatic heterocycles. The molecular formula is C25H21N5O2. The van der Waals surface area contributed by atoms with Crippen molar-refractivity contribution < 1.29 is 9.59 Å². The molecule has 7 heteroatoms. The summed E-state index contributed by atoms with van der Waals surface area (Å²) in [6.07, 6.45) is 1.67. The molecule has 5 rings (SSSR count). The molecule has 0 spiro atoms. The van der Waals surface area contributed by atoms with Crippen molar-refractivity contribution in [3.8, 4) is 0 Å². The molecule has 7 nitrogen and oxygen atoms in total. The lowest BCUT2D eigenvalue weighted by molar-refractivity contribution is 0.100. The first-order valence-electron chi connectivity index (χ1n) is 10.3. The van der Waals surface area contributed by atoms with Crippen molar-refractivity contribution in [1.29, 1.82) is 0 Å². The highest BCUT2D eigenvalue weighted by Crippen LogP contribution is 2.36. The Morgan fingerprint density at radius 2 is 1.78 bits per heavy atom. The van der Waals surface area contributed by atoms with E-state index in [1.807, 2.05) is 55.5 Å². The Bertz CT molecular complexity index is 1340. The Morgan fingerprint density at radius 3 is 2.56 bits per heavy atom. The van der Waals surface area contributed by atoms with Gasteiger partial charge in [0.1, 0.15) is 5.82 Å². The summed E-state index contributed by atoms with van der Waals surface area (Å²) in [7, 11) is 0. The minimum atomic E-state index is -0.516. The summed E-state index contributed by atoms with van der Waals surface area (Å²) < 4.78 is 0. The summed E-state index contributed by atoms with van der Waals surface area (Å²) in [5, 5.41) is 1.05. The number of urea groups is 1. The molecule has 0 fully saturated rings. The number of carbonyl (C=O) groups excluding carboxylic acids is 2. The fourth-order valence-electron chi connectivity index (χ4n) is 4.01. The zero-order valence-electron chi connectivity index (χ0n) is 17.5. The quantitative estimate of drug-likeness (QED) is 0.521. The zero-order valence-corrected chi connectivity index (χ0v) is 17.5. The van der Waals surface area contributed by atoms with E-state index in [1.165, 1.54) is 0 Å². The standard InChI is InChI=1S/C25H21N5O2/c1-16(21-13-10-17-5-2-3-7-22(17)28-21)29-15-19-6-4-14-27-24(19)30(25(29)32)20-11-8-18(9-12-20)23(26)31/h2-14,16H,15H2,1H3,(H2,26,31). The van der Waals surface area contributed by atoms with Crippen LogP contribution < -0.4 is 10.6 Å². The molecule has 0 saturated carbocycles. The number of hydrogen-bond acceptors (Lipinski definition) is 4. The number of rotatable bonds is 4. The number of para-hydroxylation sites is 1. The van der Waals surface area contributed by atoms with E-state index in [0.29, 0.717) is 23.6 Å². The normalized spacial score (nSPS) is 14.3. The molecule has 1 atom stereocenters. The van der Waals surface area contributed by atoms with Crippen LogP contribution in [-0.2, 0) is 6.54 Å². The molecule has 1 aliphatic rings. The zero-order chi connectivity index (χ0) is 22.2. The maximum Gasteiger partial charge on any atom is 0.331 e. The van der Waals surface area contributed by atoms with Gasteiger partial charge >= 0.3 is 6.03 Å². The number of fused-ring (bicyclic) bond motifs is 2. The third-order valence-corrected chi connectivity index (χ3v) is 5.78. The topological polar surface area (TPSA) is 92.4 Å². The summed E-state index contributed by atoms with van der Waals surface area (Å²) in [6.45, 7) is 2.40. The van der Waals surface area contributed by atoms with Crippen LogP contribution in [0.3, 0.4) is 0 Å². The van der Waals surface area contributed by atoms with E-state index in [-0.39, 0.29) is 12.1 Å². The van der Waals surface area contributed by atoms with E-state index in [0.717, 1.165) is 22.2 Å². The van der Waals surface area contributed by atoms with Crippen LogP contribution >= 0.6 is 0 Å². The van der Waals surface area contributed by atoms with Crippen molar-refractivity contribution in [2.75, 3.05) is 4.90 Å². The van der Waals surface area contributed by atoms with Crippen LogP contribution in [0.5, 0.6) is 0 Å². The van der Waals surface area contributed by atoms with Gasteiger partial charge in [0.2, 0.25) is 5.91 Å². The number of pyridine rings is 2. The summed E-state index contributed by atoms with van der Waals surface area (Å²) in [6, 6.07) is 21.9. The third kappa shape index (κ3) is 3.33. The van der Waals surface area contributed by atoms with E-state index < -0.39 is 5.91 Å². The second-order valence-electron chi connectivity index (χ2n) is 7.75. The number of hydrogen-bond donors (Lipinski definition) is 1. The monoisotopic (exact) mass is 423 g/mol. The second kappa shape index (κ2) is 7.77. The van der Waals surface area contributed by atoms with Crippen molar-refractivity contribution >= 4 is 34.3 Å². The molecule has 0 radical (unpaired) electrons. The molecular weight excluding hydrogens is 402 g/mol. The lowest BCUT2D eigenvalue weighted by Crippen LogP contribution is -2.46. The number of amides is 3. The lowest BCUT2D eigenvalue weighted by Gasteiger charge is -2.39. The predicted octanol–water partition coefficient (Wildman–Crippen LogP) is 4.56. The molecule has 1 aliphatic heterocycles. The highest BCUT2D eigenvalue weighted by molar-refractivity contribution is 6.01. The van der Waals surface area contributed by atoms with Gasteiger partial charge in [-0.3, -0.25) is 9.78 Å². The molecule has 4 aromatic rings. The Balaban J connectivity index is 1.55. The molecule has 2 N–H and O–H groups in total. The number of nitrogens with zero attached hydrogens (tertiary/aromatic N) is 4. The first-order chi connectivity index (χ1) is 15.5. The molecule has 0 aliphatic carbocycles. The van der Waals surface area contributed by atoms with Crippen LogP contribution in [0.15, 0.2) is 79.0 Å². The van der Waals surface area contributed by atoms with E-state index >= 15 is 0 Å². The van der Waals surface area contributed by atoms with E-state index in [4.69, 9.17) is 10.7 Å². The van der Waals surface area contributed by atoms with Crippen LogP contribution in [0.4, 0.5) is 16.3 Å². The average molecular weight is 423 g/mol. The molecule has 32 heavy (non-hydrogen) atoms. The number of nitrogens with two attached hydrogens (primary N) is 1. The summed E-state index contributed by atoms with van der Waals surface area (Å²) in [5.41, 5.74) is 8.99. The maximum absolute atomic E-state index is 13.7. The van der Waals surface area contributed by atoms with Gasteiger partial charge in [-0.05, 0) is 49.4 Å². The third-order valence-electron chi connectivity index (χ3n) is 5.78. The van der Waals surface area contributed by atoms with Gasteiger partial charge in [-0.2, -0.15) is 0 Å². The van der Waals surface area contributed by atoms with Crippen molar-refractivity contribution in [3.63, 3.8) is 0 Å². The number of carbonyl (C=O) groups is 2. The number of primary amides is 1. The van der Waals surface area contributed by atoms with Gasteiger partial charge in [-0.15, -0.1) is 0 Å². The minimum Gasteiger partial charge on any atom is -0.366 e. The van der Waals surface area contributed by atoms with Gasteiger partial charge in [0, 0.05) is 22.7 Å². The summed E-state index contributed by atoms with van der Waals surface area (Å²) >= 11 is 0. The van der Waals surface area contributed by atoms with Crippen LogP contribution in [0.1, 0.15) is 34.6 Å². The molecule has 3 amide bonds. The molecule has 3 heterocycles. The fourth-order valence-corrected chi connectivity index (χ4v) is 4.01. The first kappa shape index (κ1) is 19.7. The molecule has 0 bridgehead atoms. The molecule has 0 saturated heterocycles. The lowest BCUT2D eigenvalue weighted by atomic mass is 10.1. The smallest absolute Gasteiger partial charge is 0.331 e. The van der Waals surface area contributed by atoms with Crippen molar-refractivity contribution in [2.45, 2.75) is 19.5 Å². The summed E-state index contributed by atoms with van der Waals surface area (Å²) in [4.78, 5) is 37.7. The summed E-state index contributed by atoms with van der Waals surface area (Å²) in [5.74, 6) is 0.0666. The van der Waals surface area contributed by atoms with Crippen LogP contribution in [0, 0.1) is 0 Å². The molecule has 158 valence electrons. The van der Waals surface area contributed by atoms with Crippen LogP contribution in [0.25, 0.3) is 10.9 Å². The van der Waals surface area contributed by atoms with E-state index in [2.05, 4.69) is 4.98 Å². The maximum atomic E-state index is 13.7. The molecule has 1 unspecified atom stereocenters. The van der Waals surface area contributed by atoms with Crippen molar-refractivity contribution in [3.05, 3.63) is 95.8 Å². The SMILES string of the molecule is CC(c1ccc2ccccc2n1)N1Cc2cccnc2N(c2ccc(C(N)=O)cc2)C1=O. The Hall–Kier alpha value is -4.26. The highest BCUT2D eigenvalue weighted by Gasteiger charge is 2.35. The Morgan fingerprint density at radius 1 is 1.00 bits per heavy atom. The Kier molecular flexibility index (Phi) is 4.78. The van der Waals surface area contributed by atoms with E-state index in [1.54, 1.807) is 40.3 Å². The van der Waals surface area contributed by atoms with Gasteiger partial charge in [0.25, 0.3) is 0 Å². The average Bonchev–Trinajstić information content (AvgIpc) is 2.83. The van der Waals surface area contributed by atoms with Crippen LogP contribution in [-0.4, -0.2) is 26.8 Å². The number of benzene rings is 2. The van der Waals surface area contributed by atoms with Crippen LogP contribution in [0.2, 0.25) is 0 Å². The molecule has 2 aromatic carbocycles. The van der Waals surface area contributed by atoms with Crippen molar-refractivity contribution in [2.24, 2.45) is 5.73 Å². The largest absolute Gasteiger partial charge is 0.366 e. The van der Waals surface area contributed by atoms with Gasteiger partial charge in [-0.25, -0.2) is 14.7 Å². The number of anilines is 2. The second-order valence-corrected chi connectivity index (χ2v) is 7.75. The highest BCUT2D eigenvalue weighted by atomic mass is 16.2. The van der Waals surface area contributed by atoms with E-state index in [9.17, 15) is 9.59 Å². The minimum absolute atomic E-state index is 0.203. The predicted molar refractivity (Wildman–Crippen MR) is 122 cm³/mol. The van der Waals surface area contributed by atoms with Gasteiger partial charge in [0.05, 0.1) is 29.5 Å². The Labute approximate surface area is 185 Å². The van der Waals surface area contributed by atoms with Gasteiger partial charge in [0.15, 0.2) is 0 Å².